The van der Waals surface area contributed by atoms with E-state index in [2.05, 4.69) is 22.5 Å². The monoisotopic (exact) mass is 341 g/mol. The Hall–Kier alpha value is -0.400. The van der Waals surface area contributed by atoms with Crippen molar-refractivity contribution in [3.05, 3.63) is 16.1 Å². The minimum Gasteiger partial charge on any atom is -0.375 e. The molecule has 1 aliphatic rings. The normalized spacial score (nSPS) is 21.5. The van der Waals surface area contributed by atoms with E-state index < -0.39 is 0 Å². The van der Waals surface area contributed by atoms with E-state index >= 15 is 0 Å². The van der Waals surface area contributed by atoms with Gasteiger partial charge in [0.15, 0.2) is 0 Å². The van der Waals surface area contributed by atoms with Crippen LogP contribution in [0.15, 0.2) is 6.20 Å². The molecule has 1 saturated heterocycles. The molecule has 5 nitrogen and oxygen atoms in total. The lowest BCUT2D eigenvalue weighted by Gasteiger charge is -2.29. The fourth-order valence-electron chi connectivity index (χ4n) is 1.89. The van der Waals surface area contributed by atoms with Crippen LogP contribution in [0, 0.1) is 0 Å². The molecule has 116 valence electrons. The van der Waals surface area contributed by atoms with Crippen LogP contribution in [0.2, 0.25) is 0 Å². The summed E-state index contributed by atoms with van der Waals surface area (Å²) in [4.78, 5) is 17.5. The number of carbonyl (C=O) groups is 1. The SMILES string of the molecule is CCc1cnc(CNC(=O)[C@H]2NCCO[C@@H]2C)s1.Cl.Cl. The van der Waals surface area contributed by atoms with Gasteiger partial charge in [0.2, 0.25) is 5.91 Å². The quantitative estimate of drug-likeness (QED) is 0.871. The van der Waals surface area contributed by atoms with Gasteiger partial charge in [-0.05, 0) is 13.3 Å². The van der Waals surface area contributed by atoms with Gasteiger partial charge in [-0.1, -0.05) is 6.92 Å². The fraction of sp³-hybridized carbons (Fsp3) is 0.667. The van der Waals surface area contributed by atoms with Crippen molar-refractivity contribution in [2.24, 2.45) is 0 Å². The van der Waals surface area contributed by atoms with Gasteiger partial charge in [0.25, 0.3) is 0 Å². The maximum Gasteiger partial charge on any atom is 0.240 e. The van der Waals surface area contributed by atoms with Gasteiger partial charge < -0.3 is 15.4 Å². The van der Waals surface area contributed by atoms with Crippen LogP contribution in [0.3, 0.4) is 0 Å². The van der Waals surface area contributed by atoms with Crippen molar-refractivity contribution < 1.29 is 9.53 Å². The van der Waals surface area contributed by atoms with Crippen molar-refractivity contribution in [2.75, 3.05) is 13.2 Å². The highest BCUT2D eigenvalue weighted by Gasteiger charge is 2.27. The molecule has 0 aliphatic carbocycles. The van der Waals surface area contributed by atoms with E-state index in [1.165, 1.54) is 4.88 Å². The molecule has 1 amide bonds. The van der Waals surface area contributed by atoms with Crippen LogP contribution >= 0.6 is 36.2 Å². The summed E-state index contributed by atoms with van der Waals surface area (Å²) in [6, 6.07) is -0.260. The van der Waals surface area contributed by atoms with E-state index in [4.69, 9.17) is 4.74 Å². The first-order chi connectivity index (χ1) is 8.70. The molecule has 8 heteroatoms. The van der Waals surface area contributed by atoms with Crippen LogP contribution in [0.25, 0.3) is 0 Å². The number of aryl methyl sites for hydroxylation is 1. The average molecular weight is 342 g/mol. The van der Waals surface area contributed by atoms with Gasteiger partial charge in [-0.2, -0.15) is 0 Å². The number of morpholine rings is 1. The number of nitrogens with one attached hydrogen (secondary N) is 2. The van der Waals surface area contributed by atoms with Crippen LogP contribution in [0.1, 0.15) is 23.7 Å². The summed E-state index contributed by atoms with van der Waals surface area (Å²) in [6.45, 7) is 5.89. The van der Waals surface area contributed by atoms with Crippen LogP contribution in [0.5, 0.6) is 0 Å². The Labute approximate surface area is 135 Å². The van der Waals surface area contributed by atoms with Crippen LogP contribution in [0.4, 0.5) is 0 Å². The molecule has 0 spiro atoms. The van der Waals surface area contributed by atoms with E-state index in [1.54, 1.807) is 11.3 Å². The lowest BCUT2D eigenvalue weighted by molar-refractivity contribution is -0.129. The van der Waals surface area contributed by atoms with E-state index in [0.29, 0.717) is 13.2 Å². The van der Waals surface area contributed by atoms with Gasteiger partial charge in [-0.15, -0.1) is 36.2 Å². The first-order valence-corrected chi connectivity index (χ1v) is 7.08. The molecule has 20 heavy (non-hydrogen) atoms. The summed E-state index contributed by atoms with van der Waals surface area (Å²) in [5.74, 6) is -0.0181. The zero-order chi connectivity index (χ0) is 13.0. The van der Waals surface area contributed by atoms with Crippen molar-refractivity contribution in [1.29, 1.82) is 0 Å². The average Bonchev–Trinajstić information content (AvgIpc) is 2.84. The molecular weight excluding hydrogens is 321 g/mol. The topological polar surface area (TPSA) is 63.2 Å². The second-order valence-corrected chi connectivity index (χ2v) is 5.50. The summed E-state index contributed by atoms with van der Waals surface area (Å²) in [6.07, 6.45) is 2.78. The number of carbonyl (C=O) groups excluding carboxylic acids is 1. The number of aromatic nitrogens is 1. The second-order valence-electron chi connectivity index (χ2n) is 4.30. The maximum atomic E-state index is 12.0. The van der Waals surface area contributed by atoms with E-state index in [-0.39, 0.29) is 42.9 Å². The first-order valence-electron chi connectivity index (χ1n) is 6.27. The minimum absolute atomic E-state index is 0. The molecule has 0 unspecified atom stereocenters. The van der Waals surface area contributed by atoms with E-state index in [0.717, 1.165) is 18.0 Å². The Morgan fingerprint density at radius 1 is 1.60 bits per heavy atom. The largest absolute Gasteiger partial charge is 0.375 e. The molecule has 0 bridgehead atoms. The maximum absolute atomic E-state index is 12.0. The van der Waals surface area contributed by atoms with Gasteiger partial charge in [0, 0.05) is 17.6 Å². The zero-order valence-corrected chi connectivity index (χ0v) is 14.0. The molecular formula is C12H21Cl2N3O2S. The molecule has 2 rings (SSSR count). The van der Waals surface area contributed by atoms with Gasteiger partial charge in [-0.3, -0.25) is 4.79 Å². The molecule has 2 heterocycles. The summed E-state index contributed by atoms with van der Waals surface area (Å²) in [7, 11) is 0. The third-order valence-corrected chi connectivity index (χ3v) is 4.10. The van der Waals surface area contributed by atoms with Crippen LogP contribution < -0.4 is 10.6 Å². The molecule has 0 radical (unpaired) electrons. The van der Waals surface area contributed by atoms with Crippen LogP contribution in [-0.2, 0) is 22.5 Å². The lowest BCUT2D eigenvalue weighted by atomic mass is 10.1. The van der Waals surface area contributed by atoms with Gasteiger partial charge in [0.05, 0.1) is 19.3 Å². The van der Waals surface area contributed by atoms with Crippen molar-refractivity contribution in [3.8, 4) is 0 Å². The van der Waals surface area contributed by atoms with Crippen molar-refractivity contribution in [3.63, 3.8) is 0 Å². The molecule has 1 aromatic rings. The Morgan fingerprint density at radius 3 is 2.95 bits per heavy atom. The number of amides is 1. The van der Waals surface area contributed by atoms with Crippen molar-refractivity contribution >= 4 is 42.1 Å². The lowest BCUT2D eigenvalue weighted by Crippen LogP contribution is -2.55. The predicted molar refractivity (Wildman–Crippen MR) is 85.0 cm³/mol. The number of ether oxygens (including phenoxy) is 1. The molecule has 1 aliphatic heterocycles. The summed E-state index contributed by atoms with van der Waals surface area (Å²) < 4.78 is 5.45. The van der Waals surface area contributed by atoms with Gasteiger partial charge in [0.1, 0.15) is 11.0 Å². The standard InChI is InChI=1S/C12H19N3O2S.2ClH/c1-3-9-6-14-10(18-9)7-15-12(16)11-8(2)17-5-4-13-11;;/h6,8,11,13H,3-5,7H2,1-2H3,(H,15,16);2*1H/t8-,11+;;/m1../s1. The number of hydrogen-bond acceptors (Lipinski definition) is 5. The highest BCUT2D eigenvalue weighted by atomic mass is 35.5. The molecule has 0 aromatic carbocycles. The van der Waals surface area contributed by atoms with Crippen LogP contribution in [-0.4, -0.2) is 36.2 Å². The fourth-order valence-corrected chi connectivity index (χ4v) is 2.70. The smallest absolute Gasteiger partial charge is 0.240 e. The molecule has 1 fully saturated rings. The van der Waals surface area contributed by atoms with Crippen molar-refractivity contribution in [2.45, 2.75) is 39.0 Å². The Kier molecular flexibility index (Phi) is 9.33. The first kappa shape index (κ1) is 19.6. The third kappa shape index (κ3) is 5.18. The number of nitrogens with zero attached hydrogens (tertiary/aromatic N) is 1. The number of hydrogen-bond donors (Lipinski definition) is 2. The minimum atomic E-state index is -0.260. The van der Waals surface area contributed by atoms with E-state index in [9.17, 15) is 4.79 Å². The summed E-state index contributed by atoms with van der Waals surface area (Å²) in [5.41, 5.74) is 0. The summed E-state index contributed by atoms with van der Waals surface area (Å²) >= 11 is 1.64. The predicted octanol–water partition coefficient (Wildman–Crippen LogP) is 1.54. The second kappa shape index (κ2) is 9.52. The highest BCUT2D eigenvalue weighted by Crippen LogP contribution is 2.13. The molecule has 1 aromatic heterocycles. The third-order valence-electron chi connectivity index (χ3n) is 2.96. The molecule has 0 saturated carbocycles. The number of halogens is 2. The molecule has 2 N–H and O–H groups in total. The molecule has 2 atom stereocenters. The zero-order valence-electron chi connectivity index (χ0n) is 11.5. The Morgan fingerprint density at radius 2 is 2.35 bits per heavy atom. The Bertz CT molecular complexity index is 417. The van der Waals surface area contributed by atoms with Gasteiger partial charge in [-0.25, -0.2) is 4.98 Å². The van der Waals surface area contributed by atoms with Gasteiger partial charge >= 0.3 is 0 Å². The number of thiazole rings is 1. The van der Waals surface area contributed by atoms with E-state index in [1.807, 2.05) is 13.1 Å². The number of rotatable bonds is 4. The van der Waals surface area contributed by atoms with Crippen molar-refractivity contribution in [1.82, 2.24) is 15.6 Å². The Balaban J connectivity index is 0.00000180. The highest BCUT2D eigenvalue weighted by molar-refractivity contribution is 7.11. The summed E-state index contributed by atoms with van der Waals surface area (Å²) in [5, 5.41) is 7.02.